The van der Waals surface area contributed by atoms with Gasteiger partial charge in [-0.1, -0.05) is 18.2 Å². The molecule has 2 heterocycles. The summed E-state index contributed by atoms with van der Waals surface area (Å²) in [5.41, 5.74) is 2.19. The normalized spacial score (nSPS) is 12.9. The number of rotatable bonds is 7. The van der Waals surface area contributed by atoms with Crippen molar-refractivity contribution in [2.45, 2.75) is 19.3 Å². The number of halogens is 3. The summed E-state index contributed by atoms with van der Waals surface area (Å²) >= 11 is 0. The van der Waals surface area contributed by atoms with Crippen molar-refractivity contribution in [3.63, 3.8) is 0 Å². The second kappa shape index (κ2) is 10.2. The van der Waals surface area contributed by atoms with Crippen molar-refractivity contribution in [2.24, 2.45) is 0 Å². The van der Waals surface area contributed by atoms with Gasteiger partial charge in [-0.3, -0.25) is 14.7 Å². The zero-order valence-corrected chi connectivity index (χ0v) is 19.3. The van der Waals surface area contributed by atoms with E-state index in [0.29, 0.717) is 27.6 Å². The maximum absolute atomic E-state index is 13.2. The van der Waals surface area contributed by atoms with Crippen LogP contribution in [0.2, 0.25) is 0 Å². The van der Waals surface area contributed by atoms with Gasteiger partial charge in [0.05, 0.1) is 20.0 Å². The number of benzene rings is 2. The van der Waals surface area contributed by atoms with Gasteiger partial charge < -0.3 is 20.1 Å². The van der Waals surface area contributed by atoms with E-state index in [-0.39, 0.29) is 24.2 Å². The minimum Gasteiger partial charge on any atom is -0.480 e. The van der Waals surface area contributed by atoms with Gasteiger partial charge in [0, 0.05) is 25.5 Å². The lowest BCUT2D eigenvalue weighted by molar-refractivity contribution is -0.274. The van der Waals surface area contributed by atoms with Crippen molar-refractivity contribution in [3.05, 3.63) is 71.5 Å². The van der Waals surface area contributed by atoms with Gasteiger partial charge >= 0.3 is 6.36 Å². The molecule has 0 saturated heterocycles. The Labute approximate surface area is 211 Å². The first kappa shape index (κ1) is 22.8. The van der Waals surface area contributed by atoms with Crippen LogP contribution in [0.1, 0.15) is 42.1 Å². The molecule has 12 heteroatoms. The number of hydrogen-bond acceptors (Lipinski definition) is 6. The quantitative estimate of drug-likeness (QED) is 0.336. The average Bonchev–Trinajstić information content (AvgIpc) is 3.32. The lowest BCUT2D eigenvalue weighted by atomic mass is 10.0. The molecule has 2 aromatic heterocycles. The van der Waals surface area contributed by atoms with Crippen LogP contribution in [-0.4, -0.2) is 47.5 Å². The van der Waals surface area contributed by atoms with E-state index in [1.165, 1.54) is 24.4 Å². The summed E-state index contributed by atoms with van der Waals surface area (Å²) in [6.07, 6.45) is -3.40. The van der Waals surface area contributed by atoms with Crippen LogP contribution < -0.4 is 20.1 Å². The van der Waals surface area contributed by atoms with Gasteiger partial charge in [0.1, 0.15) is 11.3 Å². The third-order valence-corrected chi connectivity index (χ3v) is 5.44. The number of carbonyl (C=O) groups excluding carboxylic acids is 2. The maximum Gasteiger partial charge on any atom is 0.573 e. The highest BCUT2D eigenvalue weighted by Gasteiger charge is 2.31. The molecular weight excluding hydrogens is 491 g/mol. The average molecular weight is 515 g/mol. The van der Waals surface area contributed by atoms with Gasteiger partial charge in [0.2, 0.25) is 5.88 Å². The van der Waals surface area contributed by atoms with Crippen LogP contribution >= 0.6 is 0 Å². The lowest BCUT2D eigenvalue weighted by Gasteiger charge is -2.17. The molecule has 0 unspecified atom stereocenters. The molecule has 0 radical (unpaired) electrons. The fourth-order valence-corrected chi connectivity index (χ4v) is 3.68. The number of amides is 2. The molecule has 37 heavy (non-hydrogen) atoms. The number of nitrogens with one attached hydrogen (secondary N) is 3. The molecule has 0 saturated carbocycles. The number of ether oxygens (including phenoxy) is 2. The number of nitrogens with zero attached hydrogens (tertiary/aromatic N) is 2. The van der Waals surface area contributed by atoms with Crippen molar-refractivity contribution in [1.82, 2.24) is 25.8 Å². The maximum atomic E-state index is 13.2. The third-order valence-electron chi connectivity index (χ3n) is 5.44. The molecule has 0 bridgehead atoms. The number of alkyl halides is 3. The fraction of sp³-hybridized carbons (Fsp3) is 0.200. The predicted octanol–water partition coefficient (Wildman–Crippen LogP) is 4.38. The van der Waals surface area contributed by atoms with Gasteiger partial charge in [-0.15, -0.1) is 13.2 Å². The highest BCUT2D eigenvalue weighted by atomic mass is 19.4. The molecule has 2 amide bonds. The molecule has 0 fully saturated rings. The van der Waals surface area contributed by atoms with Gasteiger partial charge in [-0.05, 0) is 48.4 Å². The molecule has 0 aliphatic carbocycles. The van der Waals surface area contributed by atoms with Crippen LogP contribution in [-0.2, 0) is 0 Å². The molecule has 1 atom stereocenters. The summed E-state index contributed by atoms with van der Waals surface area (Å²) in [6.45, 7) is 1.59. The molecule has 4 rings (SSSR count). The van der Waals surface area contributed by atoms with Gasteiger partial charge in [0.25, 0.3) is 11.8 Å². The highest BCUT2D eigenvalue weighted by Crippen LogP contribution is 2.29. The van der Waals surface area contributed by atoms with E-state index < -0.39 is 37.1 Å². The van der Waals surface area contributed by atoms with Crippen LogP contribution in [0, 0.1) is 0 Å². The van der Waals surface area contributed by atoms with Crippen molar-refractivity contribution < 1.29 is 35.0 Å². The van der Waals surface area contributed by atoms with Crippen molar-refractivity contribution in [1.29, 1.82) is 0 Å². The number of methoxy groups -OCH3 is 1. The van der Waals surface area contributed by atoms with Crippen LogP contribution in [0.4, 0.5) is 13.2 Å². The van der Waals surface area contributed by atoms with Crippen molar-refractivity contribution >= 4 is 22.7 Å². The Morgan fingerprint density at radius 1 is 1.11 bits per heavy atom. The predicted molar refractivity (Wildman–Crippen MR) is 128 cm³/mol. The van der Waals surface area contributed by atoms with Gasteiger partial charge in [-0.2, -0.15) is 5.10 Å². The Hall–Kier alpha value is -4.61. The van der Waals surface area contributed by atoms with Crippen LogP contribution in [0.5, 0.6) is 11.6 Å². The first-order chi connectivity index (χ1) is 18.6. The molecule has 192 valence electrons. The molecular formula is C25H22F3N5O4. The molecule has 9 nitrogen and oxygen atoms in total. The Balaban J connectivity index is 1.61. The zero-order chi connectivity index (χ0) is 28.2. The summed E-state index contributed by atoms with van der Waals surface area (Å²) < 4.78 is 61.5. The topological polar surface area (TPSA) is 118 Å². The van der Waals surface area contributed by atoms with E-state index in [0.717, 1.165) is 6.07 Å². The van der Waals surface area contributed by atoms with Crippen molar-refractivity contribution in [2.75, 3.05) is 14.1 Å². The lowest BCUT2D eigenvalue weighted by Crippen LogP contribution is -2.27. The zero-order valence-electron chi connectivity index (χ0n) is 21.3. The number of aromatic nitrogens is 3. The molecule has 0 spiro atoms. The third kappa shape index (κ3) is 5.63. The first-order valence-electron chi connectivity index (χ1n) is 12.2. The number of carbonyl (C=O) groups is 2. The van der Waals surface area contributed by atoms with E-state index >= 15 is 0 Å². The van der Waals surface area contributed by atoms with Gasteiger partial charge in [0.15, 0.2) is 5.69 Å². The largest absolute Gasteiger partial charge is 0.573 e. The van der Waals surface area contributed by atoms with Crippen LogP contribution in [0.25, 0.3) is 22.0 Å². The first-order valence-corrected chi connectivity index (χ1v) is 10.7. The Kier molecular flexibility index (Phi) is 6.28. The van der Waals surface area contributed by atoms with Crippen molar-refractivity contribution in [3.8, 4) is 22.8 Å². The van der Waals surface area contributed by atoms with E-state index in [1.54, 1.807) is 31.2 Å². The second-order valence-electron chi connectivity index (χ2n) is 7.87. The summed E-state index contributed by atoms with van der Waals surface area (Å²) in [5.74, 6) is -1.63. The van der Waals surface area contributed by atoms with Crippen LogP contribution in [0.3, 0.4) is 0 Å². The second-order valence-corrected chi connectivity index (χ2v) is 7.87. The minimum absolute atomic E-state index is 0.00881. The number of hydrogen-bond donors (Lipinski definition) is 3. The fourth-order valence-electron chi connectivity index (χ4n) is 3.68. The summed E-state index contributed by atoms with van der Waals surface area (Å²) in [4.78, 5) is 29.5. The minimum atomic E-state index is -4.85. The van der Waals surface area contributed by atoms with E-state index in [1.807, 2.05) is 0 Å². The van der Waals surface area contributed by atoms with Crippen LogP contribution in [0.15, 0.2) is 54.7 Å². The molecule has 0 aliphatic heterocycles. The Morgan fingerprint density at radius 2 is 1.95 bits per heavy atom. The number of aromatic amines is 1. The number of H-pyrrole nitrogens is 1. The molecule has 3 N–H and O–H groups in total. The SMILES string of the molecule is [2H]CNC(=O)c1n[nH]c2cc(-c3cnc(OC[2H])c(C(=O)N[C@@H](C)c4cccc(OC(F)(F)F)c4)c3)ccc12. The van der Waals surface area contributed by atoms with E-state index in [2.05, 4.69) is 30.6 Å². The van der Waals surface area contributed by atoms with E-state index in [9.17, 15) is 22.8 Å². The monoisotopic (exact) mass is 515 g/mol. The molecule has 2 aromatic carbocycles. The molecule has 4 aromatic rings. The summed E-state index contributed by atoms with van der Waals surface area (Å²) in [7, 11) is -0.790. The summed E-state index contributed by atoms with van der Waals surface area (Å²) in [5, 5.41) is 12.4. The Bertz CT molecular complexity index is 1510. The van der Waals surface area contributed by atoms with Gasteiger partial charge in [-0.25, -0.2) is 4.98 Å². The molecule has 0 aliphatic rings. The Morgan fingerprint density at radius 3 is 2.70 bits per heavy atom. The summed E-state index contributed by atoms with van der Waals surface area (Å²) in [6, 6.07) is 11.1. The highest BCUT2D eigenvalue weighted by molar-refractivity contribution is 6.05. The number of pyridine rings is 1. The standard InChI is InChI=1S/C25H22F3N5O4/c1-13(14-5-4-6-17(9-14)37-25(26,27)28)31-22(34)19-10-16(12-30-24(19)36-3)15-7-8-18-20(11-15)32-33-21(18)23(35)29-2/h4-13H,1-3H3,(H,29,35)(H,31,34)(H,32,33)/t13-/m0/s1/i2D,3D. The van der Waals surface area contributed by atoms with E-state index in [4.69, 9.17) is 7.48 Å². The number of fused-ring (bicyclic) bond motifs is 1. The smallest absolute Gasteiger partial charge is 0.480 e.